The van der Waals surface area contributed by atoms with E-state index >= 15 is 0 Å². The molecule has 0 spiro atoms. The number of benzene rings is 1. The van der Waals surface area contributed by atoms with Gasteiger partial charge in [0.1, 0.15) is 6.29 Å². The molecule has 0 fully saturated rings. The fourth-order valence-electron chi connectivity index (χ4n) is 1.05. The van der Waals surface area contributed by atoms with Crippen LogP contribution in [0, 0.1) is 0 Å². The average molecular weight is 196 g/mol. The van der Waals surface area contributed by atoms with Gasteiger partial charge in [0.05, 0.1) is 0 Å². The lowest BCUT2D eigenvalue weighted by Crippen LogP contribution is -2.30. The number of rotatable bonds is 3. The quantitative estimate of drug-likeness (QED) is 0.350. The molecule has 1 aromatic rings. The maximum atomic E-state index is 10.5. The van der Waals surface area contributed by atoms with Crippen LogP contribution in [0.15, 0.2) is 18.2 Å². The van der Waals surface area contributed by atoms with Crippen molar-refractivity contribution < 1.29 is 14.8 Å². The van der Waals surface area contributed by atoms with Crippen molar-refractivity contribution in [1.29, 1.82) is 0 Å². The summed E-state index contributed by atoms with van der Waals surface area (Å²) in [7, 11) is -1.54. The van der Waals surface area contributed by atoms with Crippen LogP contribution >= 0.6 is 12.6 Å². The van der Waals surface area contributed by atoms with Crippen molar-refractivity contribution >= 4 is 31.5 Å². The molecule has 68 valence electrons. The highest BCUT2D eigenvalue weighted by atomic mass is 32.1. The first-order valence-electron chi connectivity index (χ1n) is 3.73. The standard InChI is InChI=1S/C8H9BO3S/c10-4-6-1-7(5-13)3-8(2-6)9(11)12/h1-4,11-13H,5H2. The summed E-state index contributed by atoms with van der Waals surface area (Å²) in [6, 6.07) is 4.70. The van der Waals surface area contributed by atoms with Crippen molar-refractivity contribution in [3.8, 4) is 0 Å². The molecule has 0 bridgehead atoms. The predicted octanol–water partition coefficient (Wildman–Crippen LogP) is -0.391. The van der Waals surface area contributed by atoms with Crippen molar-refractivity contribution in [3.63, 3.8) is 0 Å². The highest BCUT2D eigenvalue weighted by molar-refractivity contribution is 7.79. The summed E-state index contributed by atoms with van der Waals surface area (Å²) in [5, 5.41) is 17.8. The van der Waals surface area contributed by atoms with Crippen LogP contribution in [0.5, 0.6) is 0 Å². The molecule has 0 saturated carbocycles. The minimum absolute atomic E-state index is 0.314. The van der Waals surface area contributed by atoms with Gasteiger partial charge in [0.15, 0.2) is 0 Å². The molecule has 0 unspecified atom stereocenters. The van der Waals surface area contributed by atoms with E-state index in [0.29, 0.717) is 23.1 Å². The monoisotopic (exact) mass is 196 g/mol. The van der Waals surface area contributed by atoms with Gasteiger partial charge in [-0.15, -0.1) is 0 Å². The van der Waals surface area contributed by atoms with E-state index in [1.165, 1.54) is 6.07 Å². The number of thiol groups is 1. The molecule has 0 radical (unpaired) electrons. The largest absolute Gasteiger partial charge is 0.488 e. The first-order valence-corrected chi connectivity index (χ1v) is 4.36. The van der Waals surface area contributed by atoms with Gasteiger partial charge in [0.2, 0.25) is 0 Å². The normalized spacial score (nSPS) is 9.77. The van der Waals surface area contributed by atoms with Gasteiger partial charge in [-0.05, 0) is 17.1 Å². The van der Waals surface area contributed by atoms with Gasteiger partial charge < -0.3 is 10.0 Å². The molecule has 0 amide bonds. The Morgan fingerprint density at radius 1 is 1.38 bits per heavy atom. The number of carbonyl (C=O) groups is 1. The number of hydrogen-bond donors (Lipinski definition) is 3. The van der Waals surface area contributed by atoms with Crippen molar-refractivity contribution in [2.45, 2.75) is 5.75 Å². The van der Waals surface area contributed by atoms with Gasteiger partial charge in [-0.2, -0.15) is 12.6 Å². The second kappa shape index (κ2) is 4.46. The summed E-state index contributed by atoms with van der Waals surface area (Å²) in [5.74, 6) is 0.460. The Labute approximate surface area is 82.0 Å². The minimum atomic E-state index is -1.54. The summed E-state index contributed by atoms with van der Waals surface area (Å²) in [5.41, 5.74) is 1.53. The molecule has 0 heterocycles. The van der Waals surface area contributed by atoms with Crippen molar-refractivity contribution in [3.05, 3.63) is 29.3 Å². The van der Waals surface area contributed by atoms with Crippen molar-refractivity contribution in [2.75, 3.05) is 0 Å². The molecule has 0 aromatic heterocycles. The molecule has 0 aliphatic rings. The zero-order valence-corrected chi connectivity index (χ0v) is 7.74. The third kappa shape index (κ3) is 2.58. The summed E-state index contributed by atoms with van der Waals surface area (Å²) in [6.45, 7) is 0. The van der Waals surface area contributed by atoms with E-state index in [2.05, 4.69) is 12.6 Å². The van der Waals surface area contributed by atoms with E-state index in [1.807, 2.05) is 0 Å². The Bertz CT molecular complexity index is 314. The van der Waals surface area contributed by atoms with E-state index in [1.54, 1.807) is 12.1 Å². The van der Waals surface area contributed by atoms with Crippen LogP contribution < -0.4 is 5.46 Å². The van der Waals surface area contributed by atoms with E-state index in [-0.39, 0.29) is 0 Å². The molecule has 0 saturated heterocycles. The lowest BCUT2D eigenvalue weighted by atomic mass is 9.79. The van der Waals surface area contributed by atoms with Gasteiger partial charge in [0, 0.05) is 11.3 Å². The summed E-state index contributed by atoms with van der Waals surface area (Å²) < 4.78 is 0. The van der Waals surface area contributed by atoms with Crippen LogP contribution in [-0.2, 0) is 5.75 Å². The van der Waals surface area contributed by atoms with Crippen molar-refractivity contribution in [1.82, 2.24) is 0 Å². The maximum absolute atomic E-state index is 10.5. The molecule has 13 heavy (non-hydrogen) atoms. The SMILES string of the molecule is O=Cc1cc(CS)cc(B(O)O)c1. The number of aldehydes is 1. The van der Waals surface area contributed by atoms with Gasteiger partial charge in [-0.3, -0.25) is 4.79 Å². The fraction of sp³-hybridized carbons (Fsp3) is 0.125. The van der Waals surface area contributed by atoms with E-state index in [0.717, 1.165) is 5.56 Å². The lowest BCUT2D eigenvalue weighted by Gasteiger charge is -2.03. The maximum Gasteiger partial charge on any atom is 0.488 e. The Hall–Kier alpha value is -0.775. The molecular weight excluding hydrogens is 187 g/mol. The van der Waals surface area contributed by atoms with Crippen LogP contribution in [0.4, 0.5) is 0 Å². The van der Waals surface area contributed by atoms with Gasteiger partial charge in [0.25, 0.3) is 0 Å². The Kier molecular flexibility index (Phi) is 3.53. The molecule has 1 rings (SSSR count). The summed E-state index contributed by atoms with van der Waals surface area (Å²) >= 11 is 4.03. The predicted molar refractivity (Wildman–Crippen MR) is 54.3 cm³/mol. The zero-order chi connectivity index (χ0) is 9.84. The molecule has 5 heteroatoms. The Morgan fingerprint density at radius 2 is 2.08 bits per heavy atom. The molecule has 3 nitrogen and oxygen atoms in total. The third-order valence-electron chi connectivity index (χ3n) is 1.65. The van der Waals surface area contributed by atoms with E-state index in [9.17, 15) is 4.79 Å². The van der Waals surface area contributed by atoms with Gasteiger partial charge in [-0.25, -0.2) is 0 Å². The lowest BCUT2D eigenvalue weighted by molar-refractivity contribution is 0.112. The zero-order valence-electron chi connectivity index (χ0n) is 6.84. The molecule has 0 aliphatic carbocycles. The van der Waals surface area contributed by atoms with Crippen LogP contribution in [0.2, 0.25) is 0 Å². The Morgan fingerprint density at radius 3 is 2.54 bits per heavy atom. The molecule has 0 aliphatic heterocycles. The van der Waals surface area contributed by atoms with Gasteiger partial charge >= 0.3 is 7.12 Å². The van der Waals surface area contributed by atoms with Crippen LogP contribution in [-0.4, -0.2) is 23.5 Å². The first-order chi connectivity index (χ1) is 6.17. The summed E-state index contributed by atoms with van der Waals surface area (Å²) in [6.07, 6.45) is 0.665. The highest BCUT2D eigenvalue weighted by Gasteiger charge is 2.12. The van der Waals surface area contributed by atoms with E-state index < -0.39 is 7.12 Å². The topological polar surface area (TPSA) is 57.5 Å². The first kappa shape index (κ1) is 10.3. The number of carbonyl (C=O) groups excluding carboxylic acids is 1. The summed E-state index contributed by atoms with van der Waals surface area (Å²) in [4.78, 5) is 10.5. The second-order valence-electron chi connectivity index (χ2n) is 2.66. The van der Waals surface area contributed by atoms with Crippen LogP contribution in [0.25, 0.3) is 0 Å². The van der Waals surface area contributed by atoms with Crippen LogP contribution in [0.3, 0.4) is 0 Å². The molecule has 2 N–H and O–H groups in total. The smallest absolute Gasteiger partial charge is 0.423 e. The Balaban J connectivity index is 3.14. The third-order valence-corrected chi connectivity index (χ3v) is 2.02. The van der Waals surface area contributed by atoms with E-state index in [4.69, 9.17) is 10.0 Å². The molecule has 0 atom stereocenters. The van der Waals surface area contributed by atoms with Crippen molar-refractivity contribution in [2.24, 2.45) is 0 Å². The molecule has 1 aromatic carbocycles. The van der Waals surface area contributed by atoms with Gasteiger partial charge in [-0.1, -0.05) is 12.1 Å². The fourth-order valence-corrected chi connectivity index (χ4v) is 1.24. The van der Waals surface area contributed by atoms with Crippen LogP contribution in [0.1, 0.15) is 15.9 Å². The average Bonchev–Trinajstić information content (AvgIpc) is 2.16. The minimum Gasteiger partial charge on any atom is -0.423 e. The number of hydrogen-bond acceptors (Lipinski definition) is 4. The highest BCUT2D eigenvalue weighted by Crippen LogP contribution is 2.04. The molecular formula is C8H9BO3S. The second-order valence-corrected chi connectivity index (χ2v) is 2.97.